The first kappa shape index (κ1) is 16.8. The van der Waals surface area contributed by atoms with E-state index in [0.29, 0.717) is 13.1 Å². The molecule has 122 valence electrons. The van der Waals surface area contributed by atoms with Gasteiger partial charge >= 0.3 is 0 Å². The van der Waals surface area contributed by atoms with Crippen LogP contribution in [0.15, 0.2) is 24.3 Å². The first-order valence-electron chi connectivity index (χ1n) is 8.06. The van der Waals surface area contributed by atoms with Gasteiger partial charge in [0.25, 0.3) is 0 Å². The molecule has 1 saturated heterocycles. The molecule has 1 aromatic rings. The van der Waals surface area contributed by atoms with Crippen molar-refractivity contribution >= 4 is 11.6 Å². The van der Waals surface area contributed by atoms with E-state index in [9.17, 15) is 4.79 Å². The van der Waals surface area contributed by atoms with Gasteiger partial charge in [-0.1, -0.05) is 18.2 Å². The molecule has 0 atom stereocenters. The van der Waals surface area contributed by atoms with Crippen molar-refractivity contribution in [2.24, 2.45) is 0 Å². The van der Waals surface area contributed by atoms with Crippen molar-refractivity contribution in [3.05, 3.63) is 29.8 Å². The number of carbonyl (C=O) groups is 1. The van der Waals surface area contributed by atoms with Gasteiger partial charge < -0.3 is 10.2 Å². The summed E-state index contributed by atoms with van der Waals surface area (Å²) in [5.74, 6) is 0.133. The molecule has 0 bridgehead atoms. The summed E-state index contributed by atoms with van der Waals surface area (Å²) >= 11 is 0. The maximum absolute atomic E-state index is 11.6. The molecule has 0 unspecified atom stereocenters. The monoisotopic (exact) mass is 304 g/mol. The molecule has 1 aromatic carbocycles. The van der Waals surface area contributed by atoms with Gasteiger partial charge in [0.1, 0.15) is 0 Å². The van der Waals surface area contributed by atoms with Gasteiger partial charge in [-0.05, 0) is 18.6 Å². The summed E-state index contributed by atoms with van der Waals surface area (Å²) in [6, 6.07) is 8.56. The molecule has 0 aliphatic carbocycles. The minimum atomic E-state index is 0.133. The summed E-state index contributed by atoms with van der Waals surface area (Å²) in [4.78, 5) is 18.5. The Labute approximate surface area is 133 Å². The van der Waals surface area contributed by atoms with Gasteiger partial charge in [-0.15, -0.1) is 0 Å². The van der Waals surface area contributed by atoms with E-state index >= 15 is 0 Å². The number of anilines is 1. The Kier molecular flexibility index (Phi) is 6.21. The number of para-hydroxylation sites is 1. The summed E-state index contributed by atoms with van der Waals surface area (Å²) in [5, 5.41) is 2.86. The molecule has 1 aliphatic heterocycles. The number of rotatable bonds is 6. The van der Waals surface area contributed by atoms with E-state index in [2.05, 4.69) is 58.4 Å². The van der Waals surface area contributed by atoms with Crippen LogP contribution in [0.4, 0.5) is 5.69 Å². The standard InChI is InChI=1S/C17H28N4O/c1-4-18-17(22)14-21-11-9-20(10-12-21)13-15-7-5-6-8-16(15)19(2)3/h5-8H,4,9-14H2,1-3H3,(H,18,22). The van der Waals surface area contributed by atoms with Crippen LogP contribution in [0.2, 0.25) is 0 Å². The third kappa shape index (κ3) is 4.71. The Morgan fingerprint density at radius 3 is 2.41 bits per heavy atom. The predicted molar refractivity (Wildman–Crippen MR) is 91.2 cm³/mol. The molecule has 1 fully saturated rings. The van der Waals surface area contributed by atoms with E-state index in [4.69, 9.17) is 0 Å². The van der Waals surface area contributed by atoms with Crippen molar-refractivity contribution in [3.63, 3.8) is 0 Å². The molecule has 2 rings (SSSR count). The number of benzene rings is 1. The molecule has 1 heterocycles. The first-order valence-corrected chi connectivity index (χ1v) is 8.06. The van der Waals surface area contributed by atoms with Crippen molar-refractivity contribution in [1.82, 2.24) is 15.1 Å². The highest BCUT2D eigenvalue weighted by atomic mass is 16.2. The maximum atomic E-state index is 11.6. The normalized spacial score (nSPS) is 16.5. The fourth-order valence-corrected chi connectivity index (χ4v) is 2.88. The van der Waals surface area contributed by atoms with Crippen molar-refractivity contribution in [2.75, 3.05) is 58.3 Å². The van der Waals surface area contributed by atoms with Gasteiger partial charge in [0, 0.05) is 59.1 Å². The van der Waals surface area contributed by atoms with Crippen molar-refractivity contribution in [3.8, 4) is 0 Å². The van der Waals surface area contributed by atoms with Crippen molar-refractivity contribution in [1.29, 1.82) is 0 Å². The highest BCUT2D eigenvalue weighted by molar-refractivity contribution is 5.77. The molecule has 0 radical (unpaired) electrons. The van der Waals surface area contributed by atoms with Crippen LogP contribution in [0.1, 0.15) is 12.5 Å². The lowest BCUT2D eigenvalue weighted by Gasteiger charge is -2.34. The molecular weight excluding hydrogens is 276 g/mol. The fraction of sp³-hybridized carbons (Fsp3) is 0.588. The number of hydrogen-bond donors (Lipinski definition) is 1. The smallest absolute Gasteiger partial charge is 0.234 e. The van der Waals surface area contributed by atoms with E-state index in [1.807, 2.05) is 6.92 Å². The number of likely N-dealkylation sites (N-methyl/N-ethyl adjacent to an activating group) is 1. The molecule has 0 aromatic heterocycles. The second kappa shape index (κ2) is 8.15. The average molecular weight is 304 g/mol. The van der Waals surface area contributed by atoms with Crippen LogP contribution in [-0.2, 0) is 11.3 Å². The largest absolute Gasteiger partial charge is 0.377 e. The van der Waals surface area contributed by atoms with Gasteiger partial charge in [0.05, 0.1) is 6.54 Å². The number of hydrogen-bond acceptors (Lipinski definition) is 4. The maximum Gasteiger partial charge on any atom is 0.234 e. The van der Waals surface area contributed by atoms with Crippen LogP contribution in [-0.4, -0.2) is 69.1 Å². The molecule has 5 nitrogen and oxygen atoms in total. The highest BCUT2D eigenvalue weighted by Crippen LogP contribution is 2.20. The zero-order valence-electron chi connectivity index (χ0n) is 14.0. The van der Waals surface area contributed by atoms with Gasteiger partial charge in [-0.2, -0.15) is 0 Å². The van der Waals surface area contributed by atoms with E-state index < -0.39 is 0 Å². The SMILES string of the molecule is CCNC(=O)CN1CCN(Cc2ccccc2N(C)C)CC1. The van der Waals surface area contributed by atoms with E-state index in [1.165, 1.54) is 11.3 Å². The van der Waals surface area contributed by atoms with E-state index in [0.717, 1.165) is 32.7 Å². The predicted octanol–water partition coefficient (Wildman–Crippen LogP) is 1.01. The Balaban J connectivity index is 1.84. The van der Waals surface area contributed by atoms with E-state index in [-0.39, 0.29) is 5.91 Å². The Hall–Kier alpha value is -1.59. The minimum absolute atomic E-state index is 0.133. The summed E-state index contributed by atoms with van der Waals surface area (Å²) in [6.07, 6.45) is 0. The van der Waals surface area contributed by atoms with Crippen LogP contribution >= 0.6 is 0 Å². The molecule has 1 aliphatic rings. The van der Waals surface area contributed by atoms with Gasteiger partial charge in [-0.3, -0.25) is 14.6 Å². The van der Waals surface area contributed by atoms with Crippen molar-refractivity contribution < 1.29 is 4.79 Å². The summed E-state index contributed by atoms with van der Waals surface area (Å²) < 4.78 is 0. The summed E-state index contributed by atoms with van der Waals surface area (Å²) in [7, 11) is 4.17. The van der Waals surface area contributed by atoms with Gasteiger partial charge in [-0.25, -0.2) is 0 Å². The van der Waals surface area contributed by atoms with Gasteiger partial charge in [0.15, 0.2) is 0 Å². The van der Waals surface area contributed by atoms with E-state index in [1.54, 1.807) is 0 Å². The topological polar surface area (TPSA) is 38.8 Å². The summed E-state index contributed by atoms with van der Waals surface area (Å²) in [5.41, 5.74) is 2.65. The average Bonchev–Trinajstić information content (AvgIpc) is 2.50. The van der Waals surface area contributed by atoms with Crippen LogP contribution in [0.25, 0.3) is 0 Å². The van der Waals surface area contributed by atoms with Crippen LogP contribution < -0.4 is 10.2 Å². The lowest BCUT2D eigenvalue weighted by molar-refractivity contribution is -0.122. The fourth-order valence-electron chi connectivity index (χ4n) is 2.88. The molecule has 22 heavy (non-hydrogen) atoms. The van der Waals surface area contributed by atoms with Crippen LogP contribution in [0.3, 0.4) is 0 Å². The number of carbonyl (C=O) groups excluding carboxylic acids is 1. The highest BCUT2D eigenvalue weighted by Gasteiger charge is 2.19. The number of nitrogens with one attached hydrogen (secondary N) is 1. The quantitative estimate of drug-likeness (QED) is 0.851. The Bertz CT molecular complexity index is 481. The minimum Gasteiger partial charge on any atom is -0.377 e. The zero-order chi connectivity index (χ0) is 15.9. The molecule has 1 N–H and O–H groups in total. The Morgan fingerprint density at radius 2 is 1.77 bits per heavy atom. The van der Waals surface area contributed by atoms with Crippen molar-refractivity contribution in [2.45, 2.75) is 13.5 Å². The number of piperazine rings is 1. The molecule has 0 saturated carbocycles. The zero-order valence-corrected chi connectivity index (χ0v) is 14.0. The second-order valence-corrected chi connectivity index (χ2v) is 6.03. The summed E-state index contributed by atoms with van der Waals surface area (Å²) in [6.45, 7) is 8.11. The lowest BCUT2D eigenvalue weighted by Crippen LogP contribution is -2.49. The van der Waals surface area contributed by atoms with Crippen LogP contribution in [0.5, 0.6) is 0 Å². The third-order valence-corrected chi connectivity index (χ3v) is 4.07. The third-order valence-electron chi connectivity index (χ3n) is 4.07. The molecule has 1 amide bonds. The lowest BCUT2D eigenvalue weighted by atomic mass is 10.1. The molecule has 0 spiro atoms. The Morgan fingerprint density at radius 1 is 1.14 bits per heavy atom. The number of amides is 1. The molecular formula is C17H28N4O. The van der Waals surface area contributed by atoms with Crippen LogP contribution in [0, 0.1) is 0 Å². The number of nitrogens with zero attached hydrogens (tertiary/aromatic N) is 3. The first-order chi connectivity index (χ1) is 10.6. The molecule has 5 heteroatoms. The van der Waals surface area contributed by atoms with Gasteiger partial charge in [0.2, 0.25) is 5.91 Å². The second-order valence-electron chi connectivity index (χ2n) is 6.03.